The lowest BCUT2D eigenvalue weighted by molar-refractivity contribution is -0.129. The first kappa shape index (κ1) is 13.5. The van der Waals surface area contributed by atoms with Crippen LogP contribution in [-0.2, 0) is 9.59 Å². The molecule has 6 heteroatoms. The van der Waals surface area contributed by atoms with Crippen molar-refractivity contribution >= 4 is 28.3 Å². The van der Waals surface area contributed by atoms with E-state index in [1.54, 1.807) is 0 Å². The summed E-state index contributed by atoms with van der Waals surface area (Å²) in [6.45, 7) is 2.47. The molecule has 1 saturated carbocycles. The zero-order chi connectivity index (χ0) is 14.1. The molecular formula is C14H19N3O2S. The van der Waals surface area contributed by atoms with Gasteiger partial charge in [-0.05, 0) is 19.8 Å². The van der Waals surface area contributed by atoms with Crippen LogP contribution in [-0.4, -0.2) is 34.3 Å². The molecule has 0 spiro atoms. The minimum atomic E-state index is -0.229. The third-order valence-electron chi connectivity index (χ3n) is 4.14. The van der Waals surface area contributed by atoms with Crippen LogP contribution in [0.15, 0.2) is 5.38 Å². The highest BCUT2D eigenvalue weighted by atomic mass is 32.1. The van der Waals surface area contributed by atoms with Crippen LogP contribution in [0.5, 0.6) is 0 Å². The van der Waals surface area contributed by atoms with E-state index in [1.165, 1.54) is 24.2 Å². The molecule has 2 heterocycles. The predicted molar refractivity (Wildman–Crippen MR) is 77.6 cm³/mol. The highest BCUT2D eigenvalue weighted by molar-refractivity contribution is 7.13. The number of amides is 2. The van der Waals surface area contributed by atoms with E-state index in [0.29, 0.717) is 24.1 Å². The molecule has 5 nitrogen and oxygen atoms in total. The molecule has 3 rings (SSSR count). The fourth-order valence-corrected chi connectivity index (χ4v) is 3.79. The second-order valence-electron chi connectivity index (χ2n) is 5.67. The normalized spacial score (nSPS) is 23.6. The Morgan fingerprint density at radius 2 is 2.20 bits per heavy atom. The van der Waals surface area contributed by atoms with Crippen LogP contribution < -0.4 is 5.32 Å². The van der Waals surface area contributed by atoms with Crippen LogP contribution >= 0.6 is 11.3 Å². The standard InChI is InChI=1S/C14H19N3O2S/c1-9-8-20-14(15-9)16-13(19)10-6-12(18)17(7-10)11-4-2-3-5-11/h8,10-11H,2-7H2,1H3,(H,15,16,19)/t10-/m0/s1. The second kappa shape index (κ2) is 5.52. The van der Waals surface area contributed by atoms with Gasteiger partial charge in [-0.3, -0.25) is 9.59 Å². The molecule has 0 bridgehead atoms. The van der Waals surface area contributed by atoms with Crippen LogP contribution in [0.3, 0.4) is 0 Å². The summed E-state index contributed by atoms with van der Waals surface area (Å²) in [5.74, 6) is -0.173. The number of likely N-dealkylation sites (tertiary alicyclic amines) is 1. The van der Waals surface area contributed by atoms with E-state index >= 15 is 0 Å². The van der Waals surface area contributed by atoms with Gasteiger partial charge in [0.05, 0.1) is 11.6 Å². The first-order valence-corrected chi connectivity index (χ1v) is 8.04. The van der Waals surface area contributed by atoms with Crippen LogP contribution in [0.25, 0.3) is 0 Å². The van der Waals surface area contributed by atoms with Gasteiger partial charge in [0.25, 0.3) is 0 Å². The molecule has 0 radical (unpaired) electrons. The van der Waals surface area contributed by atoms with E-state index in [4.69, 9.17) is 0 Å². The number of nitrogens with one attached hydrogen (secondary N) is 1. The number of hydrogen-bond acceptors (Lipinski definition) is 4. The average Bonchev–Trinajstić information content (AvgIpc) is 3.10. The summed E-state index contributed by atoms with van der Waals surface area (Å²) in [5, 5.41) is 5.35. The third kappa shape index (κ3) is 2.70. The van der Waals surface area contributed by atoms with Crippen molar-refractivity contribution in [1.82, 2.24) is 9.88 Å². The highest BCUT2D eigenvalue weighted by Crippen LogP contribution is 2.30. The van der Waals surface area contributed by atoms with Crippen molar-refractivity contribution in [1.29, 1.82) is 0 Å². The van der Waals surface area contributed by atoms with Gasteiger partial charge in [0.15, 0.2) is 5.13 Å². The van der Waals surface area contributed by atoms with Crippen LogP contribution in [0.2, 0.25) is 0 Å². The van der Waals surface area contributed by atoms with Crippen LogP contribution in [0, 0.1) is 12.8 Å². The van der Waals surface area contributed by atoms with Gasteiger partial charge in [-0.25, -0.2) is 4.98 Å². The first-order valence-electron chi connectivity index (χ1n) is 7.16. The molecule has 1 aromatic rings. The summed E-state index contributed by atoms with van der Waals surface area (Å²) in [5.41, 5.74) is 0.903. The first-order chi connectivity index (χ1) is 9.63. The molecule has 1 aliphatic carbocycles. The molecule has 108 valence electrons. The van der Waals surface area contributed by atoms with Crippen molar-refractivity contribution in [2.45, 2.75) is 45.1 Å². The lowest BCUT2D eigenvalue weighted by Crippen LogP contribution is -2.35. The maximum atomic E-state index is 12.2. The van der Waals surface area contributed by atoms with E-state index in [-0.39, 0.29) is 17.7 Å². The number of rotatable bonds is 3. The molecule has 1 aliphatic heterocycles. The topological polar surface area (TPSA) is 62.3 Å². The Bertz CT molecular complexity index is 522. The Hall–Kier alpha value is -1.43. The largest absolute Gasteiger partial charge is 0.339 e. The molecule has 20 heavy (non-hydrogen) atoms. The number of aromatic nitrogens is 1. The van der Waals surface area contributed by atoms with Crippen molar-refractivity contribution in [3.63, 3.8) is 0 Å². The van der Waals surface area contributed by atoms with Gasteiger partial charge in [-0.15, -0.1) is 11.3 Å². The van der Waals surface area contributed by atoms with Crippen molar-refractivity contribution in [2.75, 3.05) is 11.9 Å². The molecular weight excluding hydrogens is 274 g/mol. The van der Waals surface area contributed by atoms with Crippen LogP contribution in [0.1, 0.15) is 37.8 Å². The van der Waals surface area contributed by atoms with Gasteiger partial charge in [-0.1, -0.05) is 12.8 Å². The van der Waals surface area contributed by atoms with Gasteiger partial charge >= 0.3 is 0 Å². The number of aryl methyl sites for hydroxylation is 1. The molecule has 0 unspecified atom stereocenters. The van der Waals surface area contributed by atoms with E-state index in [9.17, 15) is 9.59 Å². The Morgan fingerprint density at radius 1 is 1.45 bits per heavy atom. The quantitative estimate of drug-likeness (QED) is 0.929. The molecule has 1 aromatic heterocycles. The lowest BCUT2D eigenvalue weighted by atomic mass is 10.1. The smallest absolute Gasteiger partial charge is 0.231 e. The minimum absolute atomic E-state index is 0.0757. The summed E-state index contributed by atoms with van der Waals surface area (Å²) in [4.78, 5) is 30.4. The molecule has 1 saturated heterocycles. The van der Waals surface area contributed by atoms with Gasteiger partial charge < -0.3 is 10.2 Å². The molecule has 2 amide bonds. The molecule has 1 atom stereocenters. The van der Waals surface area contributed by atoms with Gasteiger partial charge in [-0.2, -0.15) is 0 Å². The number of nitrogens with zero attached hydrogens (tertiary/aromatic N) is 2. The number of thiazole rings is 1. The van der Waals surface area contributed by atoms with E-state index in [2.05, 4.69) is 10.3 Å². The molecule has 0 aromatic carbocycles. The van der Waals surface area contributed by atoms with Gasteiger partial charge in [0.2, 0.25) is 11.8 Å². The average molecular weight is 293 g/mol. The second-order valence-corrected chi connectivity index (χ2v) is 6.53. The minimum Gasteiger partial charge on any atom is -0.339 e. The SMILES string of the molecule is Cc1csc(NC(=O)[C@H]2CC(=O)N(C3CCCC3)C2)n1. The Balaban J connectivity index is 1.60. The van der Waals surface area contributed by atoms with E-state index in [0.717, 1.165) is 18.5 Å². The Morgan fingerprint density at radius 3 is 2.85 bits per heavy atom. The molecule has 2 fully saturated rings. The van der Waals surface area contributed by atoms with Gasteiger partial charge in [0, 0.05) is 24.4 Å². The van der Waals surface area contributed by atoms with E-state index < -0.39 is 0 Å². The fraction of sp³-hybridized carbons (Fsp3) is 0.643. The summed E-state index contributed by atoms with van der Waals surface area (Å²) >= 11 is 1.42. The van der Waals surface area contributed by atoms with Crippen molar-refractivity contribution in [3.8, 4) is 0 Å². The maximum Gasteiger partial charge on any atom is 0.231 e. The zero-order valence-electron chi connectivity index (χ0n) is 11.6. The number of hydrogen-bond donors (Lipinski definition) is 1. The molecule has 1 N–H and O–H groups in total. The Kier molecular flexibility index (Phi) is 3.74. The number of anilines is 1. The lowest BCUT2D eigenvalue weighted by Gasteiger charge is -2.23. The summed E-state index contributed by atoms with van der Waals surface area (Å²) < 4.78 is 0. The zero-order valence-corrected chi connectivity index (χ0v) is 12.4. The van der Waals surface area contributed by atoms with Crippen LogP contribution in [0.4, 0.5) is 5.13 Å². The monoisotopic (exact) mass is 293 g/mol. The van der Waals surface area contributed by atoms with Crippen molar-refractivity contribution < 1.29 is 9.59 Å². The van der Waals surface area contributed by atoms with Crippen molar-refractivity contribution in [2.24, 2.45) is 5.92 Å². The maximum absolute atomic E-state index is 12.2. The summed E-state index contributed by atoms with van der Waals surface area (Å²) in [6.07, 6.45) is 4.91. The summed E-state index contributed by atoms with van der Waals surface area (Å²) in [6, 6.07) is 0.363. The van der Waals surface area contributed by atoms with Crippen molar-refractivity contribution in [3.05, 3.63) is 11.1 Å². The Labute approximate surface area is 122 Å². The number of carbonyl (C=O) groups excluding carboxylic acids is 2. The predicted octanol–water partition coefficient (Wildman–Crippen LogP) is 2.18. The third-order valence-corrected chi connectivity index (χ3v) is 5.02. The fourth-order valence-electron chi connectivity index (χ4n) is 3.09. The van der Waals surface area contributed by atoms with E-state index in [1.807, 2.05) is 17.2 Å². The number of carbonyl (C=O) groups is 2. The molecule has 2 aliphatic rings. The summed E-state index contributed by atoms with van der Waals surface area (Å²) in [7, 11) is 0. The van der Waals surface area contributed by atoms with Gasteiger partial charge in [0.1, 0.15) is 0 Å². The highest BCUT2D eigenvalue weighted by Gasteiger charge is 2.38.